The van der Waals surface area contributed by atoms with E-state index >= 15 is 0 Å². The van der Waals surface area contributed by atoms with Crippen LogP contribution in [0.3, 0.4) is 0 Å². The fourth-order valence-corrected chi connectivity index (χ4v) is 3.18. The van der Waals surface area contributed by atoms with Gasteiger partial charge in [-0.05, 0) is 42.3 Å². The van der Waals surface area contributed by atoms with Crippen LogP contribution >= 0.6 is 11.6 Å². The van der Waals surface area contributed by atoms with Crippen molar-refractivity contribution in [2.24, 2.45) is 0 Å². The van der Waals surface area contributed by atoms with Gasteiger partial charge in [-0.15, -0.1) is 0 Å². The number of hydrogen-bond donors (Lipinski definition) is 1. The molecule has 1 N–H and O–H groups in total. The Bertz CT molecular complexity index is 857. The third-order valence-corrected chi connectivity index (χ3v) is 4.85. The molecule has 1 aliphatic rings. The first-order valence-corrected chi connectivity index (χ1v) is 9.61. The molecule has 0 aromatic heterocycles. The van der Waals surface area contributed by atoms with Gasteiger partial charge in [0.1, 0.15) is 17.7 Å². The van der Waals surface area contributed by atoms with Gasteiger partial charge in [-0.25, -0.2) is 4.39 Å². The number of fused-ring (bicyclic) bond motifs is 1. The molecule has 0 bridgehead atoms. The Kier molecular flexibility index (Phi) is 6.52. The Morgan fingerprint density at radius 1 is 1.21 bits per heavy atom. The molecule has 1 atom stereocenters. The fourth-order valence-electron chi connectivity index (χ4n) is 3.02. The van der Waals surface area contributed by atoms with Gasteiger partial charge in [-0.2, -0.15) is 0 Å². The minimum absolute atomic E-state index is 0.0735. The van der Waals surface area contributed by atoms with Gasteiger partial charge < -0.3 is 15.0 Å². The lowest BCUT2D eigenvalue weighted by Crippen LogP contribution is -2.43. The Labute approximate surface area is 168 Å². The van der Waals surface area contributed by atoms with E-state index in [0.29, 0.717) is 29.5 Å². The highest BCUT2D eigenvalue weighted by atomic mass is 35.5. The van der Waals surface area contributed by atoms with Gasteiger partial charge in [0, 0.05) is 24.4 Å². The summed E-state index contributed by atoms with van der Waals surface area (Å²) < 4.78 is 18.8. The first kappa shape index (κ1) is 20.1. The molecular formula is C21H22ClFN2O3. The van der Waals surface area contributed by atoms with Crippen molar-refractivity contribution in [1.82, 2.24) is 5.32 Å². The van der Waals surface area contributed by atoms with Gasteiger partial charge in [0.15, 0.2) is 0 Å². The van der Waals surface area contributed by atoms with E-state index in [0.717, 1.165) is 12.0 Å². The Morgan fingerprint density at radius 2 is 1.96 bits per heavy atom. The Balaban J connectivity index is 1.57. The number of amides is 2. The summed E-state index contributed by atoms with van der Waals surface area (Å²) >= 11 is 6.07. The number of nitrogens with zero attached hydrogens (tertiary/aromatic N) is 1. The molecule has 0 saturated heterocycles. The number of carbonyl (C=O) groups excluding carboxylic acids is 2. The fraction of sp³-hybridized carbons (Fsp3) is 0.333. The second kappa shape index (κ2) is 9.06. The van der Waals surface area contributed by atoms with E-state index in [1.165, 1.54) is 12.1 Å². The van der Waals surface area contributed by atoms with Gasteiger partial charge in [-0.1, -0.05) is 30.7 Å². The van der Waals surface area contributed by atoms with E-state index in [-0.39, 0.29) is 36.6 Å². The molecule has 2 aromatic rings. The Morgan fingerprint density at radius 3 is 2.68 bits per heavy atom. The van der Waals surface area contributed by atoms with Crippen LogP contribution in [0, 0.1) is 5.82 Å². The molecule has 1 aliphatic heterocycles. The van der Waals surface area contributed by atoms with Crippen molar-refractivity contribution in [2.75, 3.05) is 11.4 Å². The van der Waals surface area contributed by atoms with Crippen LogP contribution in [-0.2, 0) is 16.1 Å². The number of carbonyl (C=O) groups is 2. The number of ether oxygens (including phenoxy) is 1. The Hall–Kier alpha value is -2.60. The van der Waals surface area contributed by atoms with Crippen molar-refractivity contribution in [3.8, 4) is 5.75 Å². The van der Waals surface area contributed by atoms with Crippen molar-refractivity contribution in [1.29, 1.82) is 0 Å². The summed E-state index contributed by atoms with van der Waals surface area (Å²) in [5, 5.41) is 3.27. The van der Waals surface area contributed by atoms with Gasteiger partial charge in [0.2, 0.25) is 11.8 Å². The number of anilines is 1. The predicted molar refractivity (Wildman–Crippen MR) is 106 cm³/mol. The lowest BCUT2D eigenvalue weighted by Gasteiger charge is -2.34. The molecular weight excluding hydrogens is 383 g/mol. The zero-order valence-corrected chi connectivity index (χ0v) is 16.3. The highest BCUT2D eigenvalue weighted by Crippen LogP contribution is 2.36. The van der Waals surface area contributed by atoms with Crippen molar-refractivity contribution in [3.05, 3.63) is 58.9 Å². The number of benzene rings is 2. The summed E-state index contributed by atoms with van der Waals surface area (Å²) in [6.45, 7) is 2.72. The molecule has 148 valence electrons. The zero-order chi connectivity index (χ0) is 20.1. The second-order valence-electron chi connectivity index (χ2n) is 6.67. The summed E-state index contributed by atoms with van der Waals surface area (Å²) in [5.41, 5.74) is 1.43. The van der Waals surface area contributed by atoms with Crippen LogP contribution in [0.4, 0.5) is 10.1 Å². The average Bonchev–Trinajstić information content (AvgIpc) is 2.70. The maximum atomic E-state index is 12.9. The molecule has 0 radical (unpaired) electrons. The van der Waals surface area contributed by atoms with Gasteiger partial charge in [-0.3, -0.25) is 9.59 Å². The first-order chi connectivity index (χ1) is 13.5. The van der Waals surface area contributed by atoms with Crippen molar-refractivity contribution >= 4 is 29.1 Å². The molecule has 0 spiro atoms. The summed E-state index contributed by atoms with van der Waals surface area (Å²) in [6, 6.07) is 11.1. The van der Waals surface area contributed by atoms with E-state index < -0.39 is 0 Å². The topological polar surface area (TPSA) is 58.6 Å². The summed E-state index contributed by atoms with van der Waals surface area (Å²) in [6.07, 6.45) is 0.830. The smallest absolute Gasteiger partial charge is 0.227 e. The molecule has 7 heteroatoms. The minimum Gasteiger partial charge on any atom is -0.486 e. The summed E-state index contributed by atoms with van der Waals surface area (Å²) in [7, 11) is 0. The normalized spacial score (nSPS) is 15.5. The van der Waals surface area contributed by atoms with Crippen LogP contribution < -0.4 is 15.0 Å². The monoisotopic (exact) mass is 404 g/mol. The summed E-state index contributed by atoms with van der Waals surface area (Å²) in [4.78, 5) is 26.5. The van der Waals surface area contributed by atoms with Crippen LogP contribution in [0.25, 0.3) is 0 Å². The lowest BCUT2D eigenvalue weighted by atomic mass is 10.1. The van der Waals surface area contributed by atoms with Crippen LogP contribution in [0.15, 0.2) is 42.5 Å². The van der Waals surface area contributed by atoms with Crippen molar-refractivity contribution in [2.45, 2.75) is 38.8 Å². The van der Waals surface area contributed by atoms with Crippen LogP contribution in [0.2, 0.25) is 5.02 Å². The SMILES string of the molecule is CC[C@@H]1CN(C(=O)CCC(=O)NCc2ccc(F)cc2)c2cc(Cl)ccc2O1. The molecule has 0 unspecified atom stereocenters. The molecule has 5 nitrogen and oxygen atoms in total. The number of halogens is 2. The maximum Gasteiger partial charge on any atom is 0.227 e. The standard InChI is InChI=1S/C21H22ClFN2O3/c1-2-17-13-25(18-11-15(22)5-8-19(18)28-17)21(27)10-9-20(26)24-12-14-3-6-16(23)7-4-14/h3-8,11,17H,2,9-10,12-13H2,1H3,(H,24,26)/t17-/m1/s1. The van der Waals surface area contributed by atoms with Crippen molar-refractivity contribution in [3.63, 3.8) is 0 Å². The van der Waals surface area contributed by atoms with Gasteiger partial charge in [0.25, 0.3) is 0 Å². The molecule has 1 heterocycles. The lowest BCUT2D eigenvalue weighted by molar-refractivity contribution is -0.125. The van der Waals surface area contributed by atoms with E-state index in [1.54, 1.807) is 35.2 Å². The number of hydrogen-bond acceptors (Lipinski definition) is 3. The average molecular weight is 405 g/mol. The highest BCUT2D eigenvalue weighted by Gasteiger charge is 2.29. The van der Waals surface area contributed by atoms with Crippen LogP contribution in [0.5, 0.6) is 5.75 Å². The van der Waals surface area contributed by atoms with E-state index in [2.05, 4.69) is 5.32 Å². The van der Waals surface area contributed by atoms with E-state index in [4.69, 9.17) is 16.3 Å². The second-order valence-corrected chi connectivity index (χ2v) is 7.10. The predicted octanol–water partition coefficient (Wildman–Crippen LogP) is 4.08. The molecule has 0 fully saturated rings. The first-order valence-electron chi connectivity index (χ1n) is 9.24. The highest BCUT2D eigenvalue weighted by molar-refractivity contribution is 6.31. The molecule has 0 saturated carbocycles. The van der Waals surface area contributed by atoms with E-state index in [1.807, 2.05) is 6.92 Å². The van der Waals surface area contributed by atoms with E-state index in [9.17, 15) is 14.0 Å². The molecule has 0 aliphatic carbocycles. The molecule has 2 amide bonds. The quantitative estimate of drug-likeness (QED) is 0.789. The molecule has 3 rings (SSSR count). The third-order valence-electron chi connectivity index (χ3n) is 4.62. The van der Waals surface area contributed by atoms with Gasteiger partial charge in [0.05, 0.1) is 12.2 Å². The van der Waals surface area contributed by atoms with Gasteiger partial charge >= 0.3 is 0 Å². The minimum atomic E-state index is -0.322. The zero-order valence-electron chi connectivity index (χ0n) is 15.6. The molecule has 28 heavy (non-hydrogen) atoms. The summed E-state index contributed by atoms with van der Waals surface area (Å²) in [5.74, 6) is -0.0833. The molecule has 2 aromatic carbocycles. The maximum absolute atomic E-state index is 12.9. The van der Waals surface area contributed by atoms with Crippen LogP contribution in [0.1, 0.15) is 31.7 Å². The largest absolute Gasteiger partial charge is 0.486 e. The third kappa shape index (κ3) is 5.01. The number of nitrogens with one attached hydrogen (secondary N) is 1. The number of rotatable bonds is 6. The van der Waals surface area contributed by atoms with Crippen LogP contribution in [-0.4, -0.2) is 24.5 Å². The van der Waals surface area contributed by atoms with Crippen molar-refractivity contribution < 1.29 is 18.7 Å².